The molecule has 0 bridgehead atoms. The smallest absolute Gasteiger partial charge is 0.347 e. The molecule has 148 valence electrons. The number of nitrogens with two attached hydrogens (primary N) is 1. The fourth-order valence-electron chi connectivity index (χ4n) is 3.05. The summed E-state index contributed by atoms with van der Waals surface area (Å²) in [6, 6.07) is 17.8. The minimum atomic E-state index is -0.711. The number of nitro groups is 1. The summed E-state index contributed by atoms with van der Waals surface area (Å²) in [4.78, 5) is 34.8. The molecule has 0 atom stereocenters. The van der Waals surface area contributed by atoms with Crippen LogP contribution in [0.3, 0.4) is 0 Å². The standard InChI is InChI=1S/C21H14N4O5/c22-19(23-24-20(26)13-5-3-6-14(10-13)25(28)29)17-11-16-15-7-2-1-4-12(15)8-9-18(16)30-21(17)27/h1-11H,(H2,22,23)(H,24,26). The van der Waals surface area contributed by atoms with Gasteiger partial charge < -0.3 is 10.2 Å². The van der Waals surface area contributed by atoms with Crippen molar-refractivity contribution in [2.24, 2.45) is 10.8 Å². The van der Waals surface area contributed by atoms with Crippen LogP contribution in [0.1, 0.15) is 15.9 Å². The highest BCUT2D eigenvalue weighted by Crippen LogP contribution is 2.24. The van der Waals surface area contributed by atoms with Gasteiger partial charge in [0.05, 0.1) is 4.92 Å². The van der Waals surface area contributed by atoms with Gasteiger partial charge in [0.15, 0.2) is 5.84 Å². The first-order valence-electron chi connectivity index (χ1n) is 8.78. The van der Waals surface area contributed by atoms with Gasteiger partial charge in [-0.05, 0) is 29.0 Å². The summed E-state index contributed by atoms with van der Waals surface area (Å²) in [5, 5.41) is 17.1. The largest absolute Gasteiger partial charge is 0.422 e. The average molecular weight is 402 g/mol. The van der Waals surface area contributed by atoms with Gasteiger partial charge in [0.25, 0.3) is 11.6 Å². The number of fused-ring (bicyclic) bond motifs is 3. The molecule has 0 spiro atoms. The Balaban J connectivity index is 1.68. The van der Waals surface area contributed by atoms with Crippen molar-refractivity contribution in [3.05, 3.63) is 98.4 Å². The van der Waals surface area contributed by atoms with E-state index in [0.717, 1.165) is 16.8 Å². The van der Waals surface area contributed by atoms with Gasteiger partial charge in [-0.3, -0.25) is 14.9 Å². The second-order valence-electron chi connectivity index (χ2n) is 6.39. The summed E-state index contributed by atoms with van der Waals surface area (Å²) in [5.41, 5.74) is 7.57. The van der Waals surface area contributed by atoms with E-state index in [-0.39, 0.29) is 22.6 Å². The van der Waals surface area contributed by atoms with Crippen molar-refractivity contribution in [1.82, 2.24) is 5.43 Å². The molecule has 9 heteroatoms. The third kappa shape index (κ3) is 3.47. The zero-order chi connectivity index (χ0) is 21.3. The molecule has 1 heterocycles. The summed E-state index contributed by atoms with van der Waals surface area (Å²) >= 11 is 0. The van der Waals surface area contributed by atoms with Crippen molar-refractivity contribution in [1.29, 1.82) is 0 Å². The molecule has 4 rings (SSSR count). The van der Waals surface area contributed by atoms with E-state index in [1.807, 2.05) is 30.3 Å². The van der Waals surface area contributed by atoms with E-state index in [0.29, 0.717) is 11.0 Å². The van der Waals surface area contributed by atoms with Crippen LogP contribution in [0.25, 0.3) is 21.7 Å². The number of hydrogen-bond acceptors (Lipinski definition) is 6. The molecule has 0 aliphatic heterocycles. The minimum Gasteiger partial charge on any atom is -0.422 e. The number of non-ortho nitro benzene ring substituents is 1. The number of carbonyl (C=O) groups is 1. The lowest BCUT2D eigenvalue weighted by atomic mass is 10.0. The molecular weight excluding hydrogens is 388 g/mol. The Morgan fingerprint density at radius 1 is 1.03 bits per heavy atom. The summed E-state index contributed by atoms with van der Waals surface area (Å²) in [6.07, 6.45) is 0. The highest BCUT2D eigenvalue weighted by molar-refractivity contribution is 6.08. The van der Waals surface area contributed by atoms with Crippen LogP contribution in [0.4, 0.5) is 5.69 Å². The van der Waals surface area contributed by atoms with E-state index in [2.05, 4.69) is 10.5 Å². The quantitative estimate of drug-likeness (QED) is 0.134. The van der Waals surface area contributed by atoms with Crippen LogP contribution < -0.4 is 16.8 Å². The van der Waals surface area contributed by atoms with Gasteiger partial charge in [-0.1, -0.05) is 36.4 Å². The molecule has 0 saturated carbocycles. The Labute approximate surface area is 168 Å². The van der Waals surface area contributed by atoms with Crippen molar-refractivity contribution in [3.63, 3.8) is 0 Å². The van der Waals surface area contributed by atoms with E-state index in [1.165, 1.54) is 18.2 Å². The van der Waals surface area contributed by atoms with E-state index in [9.17, 15) is 19.7 Å². The molecule has 0 saturated heterocycles. The number of nitrogens with one attached hydrogen (secondary N) is 1. The lowest BCUT2D eigenvalue weighted by Crippen LogP contribution is -2.27. The molecule has 0 unspecified atom stereocenters. The SMILES string of the molecule is N/C(=N/NC(=O)c1cccc([N+](=O)[O-])c1)c1cc2c(ccc3ccccc32)oc1=O. The summed E-state index contributed by atoms with van der Waals surface area (Å²) in [6.45, 7) is 0. The number of hydrogen-bond donors (Lipinski definition) is 2. The van der Waals surface area contributed by atoms with Crippen molar-refractivity contribution >= 4 is 39.2 Å². The van der Waals surface area contributed by atoms with Crippen LogP contribution in [-0.4, -0.2) is 16.7 Å². The van der Waals surface area contributed by atoms with Crippen LogP contribution in [0.5, 0.6) is 0 Å². The molecule has 1 aromatic heterocycles. The number of carbonyl (C=O) groups excluding carboxylic acids is 1. The predicted octanol–water partition coefficient (Wildman–Crippen LogP) is 2.90. The van der Waals surface area contributed by atoms with Crippen molar-refractivity contribution in [3.8, 4) is 0 Å². The van der Waals surface area contributed by atoms with E-state index in [4.69, 9.17) is 10.2 Å². The third-order valence-electron chi connectivity index (χ3n) is 4.51. The lowest BCUT2D eigenvalue weighted by Gasteiger charge is -2.06. The monoisotopic (exact) mass is 402 g/mol. The Morgan fingerprint density at radius 3 is 2.63 bits per heavy atom. The maximum Gasteiger partial charge on any atom is 0.347 e. The number of amidine groups is 1. The normalized spacial score (nSPS) is 11.5. The van der Waals surface area contributed by atoms with Gasteiger partial charge in [0, 0.05) is 23.1 Å². The Morgan fingerprint density at radius 2 is 1.83 bits per heavy atom. The molecule has 3 aromatic carbocycles. The molecule has 4 aromatic rings. The Bertz CT molecular complexity index is 1410. The number of nitro benzene ring substituents is 1. The number of rotatable bonds is 4. The molecule has 30 heavy (non-hydrogen) atoms. The van der Waals surface area contributed by atoms with Crippen LogP contribution in [-0.2, 0) is 0 Å². The first kappa shape index (κ1) is 18.8. The lowest BCUT2D eigenvalue weighted by molar-refractivity contribution is -0.384. The van der Waals surface area contributed by atoms with Gasteiger partial charge >= 0.3 is 5.63 Å². The molecule has 9 nitrogen and oxygen atoms in total. The predicted molar refractivity (Wildman–Crippen MR) is 111 cm³/mol. The third-order valence-corrected chi connectivity index (χ3v) is 4.51. The second kappa shape index (κ2) is 7.47. The van der Waals surface area contributed by atoms with Gasteiger partial charge in [0.1, 0.15) is 11.1 Å². The summed E-state index contributed by atoms with van der Waals surface area (Å²) in [7, 11) is 0. The fourth-order valence-corrected chi connectivity index (χ4v) is 3.05. The maximum atomic E-state index is 12.3. The first-order valence-corrected chi connectivity index (χ1v) is 8.78. The van der Waals surface area contributed by atoms with Crippen molar-refractivity contribution < 1.29 is 14.1 Å². The molecule has 0 fully saturated rings. The highest BCUT2D eigenvalue weighted by Gasteiger charge is 2.14. The molecule has 1 amide bonds. The second-order valence-corrected chi connectivity index (χ2v) is 6.39. The Hall–Kier alpha value is -4.53. The highest BCUT2D eigenvalue weighted by atomic mass is 16.6. The number of amides is 1. The zero-order valence-electron chi connectivity index (χ0n) is 15.4. The van der Waals surface area contributed by atoms with E-state index < -0.39 is 16.5 Å². The van der Waals surface area contributed by atoms with Crippen molar-refractivity contribution in [2.75, 3.05) is 0 Å². The molecule has 0 radical (unpaired) electrons. The molecule has 0 aliphatic carbocycles. The van der Waals surface area contributed by atoms with Gasteiger partial charge in [-0.2, -0.15) is 5.10 Å². The van der Waals surface area contributed by atoms with Crippen LogP contribution in [0.15, 0.2) is 81.0 Å². The van der Waals surface area contributed by atoms with E-state index >= 15 is 0 Å². The first-order chi connectivity index (χ1) is 14.4. The van der Waals surface area contributed by atoms with Crippen LogP contribution in [0, 0.1) is 10.1 Å². The summed E-state index contributed by atoms with van der Waals surface area (Å²) in [5.74, 6) is -0.963. The maximum absolute atomic E-state index is 12.3. The number of benzene rings is 3. The van der Waals surface area contributed by atoms with Crippen LogP contribution >= 0.6 is 0 Å². The van der Waals surface area contributed by atoms with Crippen LogP contribution in [0.2, 0.25) is 0 Å². The van der Waals surface area contributed by atoms with Gasteiger partial charge in [-0.15, -0.1) is 0 Å². The number of nitrogens with zero attached hydrogens (tertiary/aromatic N) is 2. The topological polar surface area (TPSA) is 141 Å². The zero-order valence-corrected chi connectivity index (χ0v) is 15.4. The molecular formula is C21H14N4O5. The number of hydrazone groups is 1. The fraction of sp³-hybridized carbons (Fsp3) is 0. The molecule has 3 N–H and O–H groups in total. The van der Waals surface area contributed by atoms with E-state index in [1.54, 1.807) is 12.1 Å². The van der Waals surface area contributed by atoms with Crippen molar-refractivity contribution in [2.45, 2.75) is 0 Å². The summed E-state index contributed by atoms with van der Waals surface area (Å²) < 4.78 is 5.35. The molecule has 0 aliphatic rings. The average Bonchev–Trinajstić information content (AvgIpc) is 2.76. The van der Waals surface area contributed by atoms with Gasteiger partial charge in [0.2, 0.25) is 0 Å². The van der Waals surface area contributed by atoms with Gasteiger partial charge in [-0.25, -0.2) is 10.2 Å². The Kier molecular flexibility index (Phi) is 4.69. The minimum absolute atomic E-state index is 0.0156.